The molecule has 0 aromatic heterocycles. The van der Waals surface area contributed by atoms with E-state index < -0.39 is 30.9 Å². The molecule has 26 heavy (non-hydrogen) atoms. The predicted octanol–water partition coefficient (Wildman–Crippen LogP) is 3.25. The molecule has 0 aliphatic heterocycles. The average Bonchev–Trinajstić information content (AvgIpc) is 2.53. The molecule has 2 N–H and O–H groups in total. The molecule has 0 saturated carbocycles. The molecule has 7 nitrogen and oxygen atoms in total. The minimum absolute atomic E-state index is 0.0511. The lowest BCUT2D eigenvalue weighted by atomic mass is 10.1. The third-order valence-electron chi connectivity index (χ3n) is 3.42. The molecule has 0 unspecified atom stereocenters. The van der Waals surface area contributed by atoms with Crippen LogP contribution >= 0.6 is 0 Å². The summed E-state index contributed by atoms with van der Waals surface area (Å²) in [5.41, 5.74) is -5.72. The molecule has 2 rings (SSSR count). The van der Waals surface area contributed by atoms with E-state index in [2.05, 4.69) is 5.32 Å². The summed E-state index contributed by atoms with van der Waals surface area (Å²) in [6.07, 6.45) is 0.369. The van der Waals surface area contributed by atoms with Gasteiger partial charge >= 0.3 is 5.51 Å². The van der Waals surface area contributed by atoms with Gasteiger partial charge in [-0.2, -0.15) is 13.2 Å². The first-order valence-electron chi connectivity index (χ1n) is 7.14. The third kappa shape index (κ3) is 4.23. The van der Waals surface area contributed by atoms with Crippen molar-refractivity contribution in [1.82, 2.24) is 0 Å². The SMILES string of the molecule is O=[N+]([O-])c1cc(S(=O)(=O)C(F)(F)F)ccc1NCCc1cccc(O)c1. The molecule has 0 amide bonds. The molecule has 0 heterocycles. The van der Waals surface area contributed by atoms with Crippen LogP contribution in [0.15, 0.2) is 47.4 Å². The van der Waals surface area contributed by atoms with Crippen LogP contribution in [0.5, 0.6) is 5.75 Å². The standard InChI is InChI=1S/C15H13F3N2O5S/c16-15(17,18)26(24,25)12-4-5-13(14(9-12)20(22)23)19-7-6-10-2-1-3-11(21)8-10/h1-5,8-9,19,21H,6-7H2. The molecule has 0 aliphatic rings. The third-order valence-corrected chi connectivity index (χ3v) is 4.90. The Morgan fingerprint density at radius 3 is 2.42 bits per heavy atom. The van der Waals surface area contributed by atoms with Gasteiger partial charge in [0.1, 0.15) is 11.4 Å². The van der Waals surface area contributed by atoms with Crippen LogP contribution < -0.4 is 5.32 Å². The maximum absolute atomic E-state index is 12.6. The number of nitro benzene ring substituents is 1. The van der Waals surface area contributed by atoms with Crippen LogP contribution in [0, 0.1) is 10.1 Å². The minimum atomic E-state index is -5.68. The first kappa shape index (κ1) is 19.5. The van der Waals surface area contributed by atoms with Crippen LogP contribution in [0.4, 0.5) is 24.5 Å². The fourth-order valence-electron chi connectivity index (χ4n) is 2.17. The number of hydrogen-bond acceptors (Lipinski definition) is 6. The van der Waals surface area contributed by atoms with Crippen LogP contribution in [0.1, 0.15) is 5.56 Å². The molecule has 0 fully saturated rings. The highest BCUT2D eigenvalue weighted by molar-refractivity contribution is 7.92. The van der Waals surface area contributed by atoms with E-state index in [1.54, 1.807) is 12.1 Å². The second-order valence-electron chi connectivity index (χ2n) is 5.23. The Balaban J connectivity index is 2.23. The smallest absolute Gasteiger partial charge is 0.501 e. The van der Waals surface area contributed by atoms with Crippen LogP contribution in [0.3, 0.4) is 0 Å². The van der Waals surface area contributed by atoms with E-state index in [4.69, 9.17) is 0 Å². The van der Waals surface area contributed by atoms with Gasteiger partial charge in [-0.15, -0.1) is 0 Å². The summed E-state index contributed by atoms with van der Waals surface area (Å²) < 4.78 is 60.5. The molecule has 140 valence electrons. The van der Waals surface area contributed by atoms with Gasteiger partial charge in [0.2, 0.25) is 0 Å². The van der Waals surface area contributed by atoms with Crippen LogP contribution in [0.2, 0.25) is 0 Å². The van der Waals surface area contributed by atoms with Crippen molar-refractivity contribution in [3.8, 4) is 5.75 Å². The minimum Gasteiger partial charge on any atom is -0.508 e. The van der Waals surface area contributed by atoms with Crippen LogP contribution in [-0.2, 0) is 16.3 Å². The van der Waals surface area contributed by atoms with Crippen LogP contribution in [-0.4, -0.2) is 30.5 Å². The highest BCUT2D eigenvalue weighted by Crippen LogP contribution is 2.34. The lowest BCUT2D eigenvalue weighted by Crippen LogP contribution is -2.23. The summed E-state index contributed by atoms with van der Waals surface area (Å²) in [7, 11) is -5.68. The zero-order valence-corrected chi connectivity index (χ0v) is 13.8. The Kier molecular flexibility index (Phi) is 5.40. The number of phenols is 1. The summed E-state index contributed by atoms with van der Waals surface area (Å²) in [4.78, 5) is 8.92. The van der Waals surface area contributed by atoms with Crippen molar-refractivity contribution in [2.24, 2.45) is 0 Å². The number of rotatable bonds is 6. The number of sulfone groups is 1. The maximum atomic E-state index is 12.6. The fraction of sp³-hybridized carbons (Fsp3) is 0.200. The number of alkyl halides is 3. The first-order valence-corrected chi connectivity index (χ1v) is 8.62. The number of aromatic hydroxyl groups is 1. The van der Waals surface area contributed by atoms with E-state index in [0.717, 1.165) is 11.6 Å². The second-order valence-corrected chi connectivity index (χ2v) is 7.17. The van der Waals surface area contributed by atoms with E-state index in [1.165, 1.54) is 12.1 Å². The predicted molar refractivity (Wildman–Crippen MR) is 86.6 cm³/mol. The maximum Gasteiger partial charge on any atom is 0.501 e. The number of anilines is 1. The summed E-state index contributed by atoms with van der Waals surface area (Å²) >= 11 is 0. The van der Waals surface area contributed by atoms with E-state index in [1.807, 2.05) is 0 Å². The highest BCUT2D eigenvalue weighted by Gasteiger charge is 2.47. The number of nitro groups is 1. The largest absolute Gasteiger partial charge is 0.508 e. The van der Waals surface area contributed by atoms with Gasteiger partial charge in [0.05, 0.1) is 9.82 Å². The van der Waals surface area contributed by atoms with Gasteiger partial charge < -0.3 is 10.4 Å². The normalized spacial score (nSPS) is 12.0. The Morgan fingerprint density at radius 2 is 1.85 bits per heavy atom. The van der Waals surface area contributed by atoms with Gasteiger partial charge in [-0.05, 0) is 36.2 Å². The molecule has 0 bridgehead atoms. The Hall–Kier alpha value is -2.82. The topological polar surface area (TPSA) is 110 Å². The summed E-state index contributed by atoms with van der Waals surface area (Å²) in [5.74, 6) is 0.0511. The molecule has 2 aromatic rings. The van der Waals surface area contributed by atoms with E-state index in [-0.39, 0.29) is 18.0 Å². The Bertz CT molecular complexity index is 929. The molecule has 0 atom stereocenters. The number of hydrogen-bond donors (Lipinski definition) is 2. The zero-order chi connectivity index (χ0) is 19.5. The molecule has 2 aromatic carbocycles. The molecule has 0 radical (unpaired) electrons. The number of phenolic OH excluding ortho intramolecular Hbond substituents is 1. The lowest BCUT2D eigenvalue weighted by Gasteiger charge is -2.11. The van der Waals surface area contributed by atoms with Gasteiger partial charge in [0.25, 0.3) is 15.5 Å². The monoisotopic (exact) mass is 390 g/mol. The van der Waals surface area contributed by atoms with Gasteiger partial charge in [-0.3, -0.25) is 10.1 Å². The number of benzene rings is 2. The summed E-state index contributed by atoms with van der Waals surface area (Å²) in [6, 6.07) is 8.25. The van der Waals surface area contributed by atoms with Crippen molar-refractivity contribution in [3.05, 3.63) is 58.1 Å². The molecule has 0 aliphatic carbocycles. The zero-order valence-electron chi connectivity index (χ0n) is 13.0. The average molecular weight is 390 g/mol. The molecule has 0 saturated heterocycles. The summed E-state index contributed by atoms with van der Waals surface area (Å²) in [5, 5.41) is 23.1. The number of halogens is 3. The second kappa shape index (κ2) is 7.20. The van der Waals surface area contributed by atoms with Gasteiger partial charge in [0.15, 0.2) is 0 Å². The van der Waals surface area contributed by atoms with Gasteiger partial charge in [0, 0.05) is 12.6 Å². The molecular weight excluding hydrogens is 377 g/mol. The van der Waals surface area contributed by atoms with Gasteiger partial charge in [-0.1, -0.05) is 12.1 Å². The van der Waals surface area contributed by atoms with Gasteiger partial charge in [-0.25, -0.2) is 8.42 Å². The van der Waals surface area contributed by atoms with Crippen molar-refractivity contribution in [2.75, 3.05) is 11.9 Å². The molecule has 0 spiro atoms. The van der Waals surface area contributed by atoms with Crippen molar-refractivity contribution in [2.45, 2.75) is 16.8 Å². The lowest BCUT2D eigenvalue weighted by molar-refractivity contribution is -0.384. The fourth-order valence-corrected chi connectivity index (χ4v) is 2.95. The first-order chi connectivity index (χ1) is 12.0. The highest BCUT2D eigenvalue weighted by atomic mass is 32.2. The van der Waals surface area contributed by atoms with E-state index >= 15 is 0 Å². The van der Waals surface area contributed by atoms with Crippen molar-refractivity contribution in [1.29, 1.82) is 0 Å². The van der Waals surface area contributed by atoms with Crippen LogP contribution in [0.25, 0.3) is 0 Å². The quantitative estimate of drug-likeness (QED) is 0.579. The number of nitrogens with one attached hydrogen (secondary N) is 1. The van der Waals surface area contributed by atoms with Crippen molar-refractivity contribution in [3.63, 3.8) is 0 Å². The number of nitrogens with zero attached hydrogens (tertiary/aromatic N) is 1. The van der Waals surface area contributed by atoms with E-state index in [9.17, 15) is 36.8 Å². The Labute approximate surface area is 146 Å². The Morgan fingerprint density at radius 1 is 1.15 bits per heavy atom. The van der Waals surface area contributed by atoms with Crippen molar-refractivity contribution >= 4 is 21.2 Å². The molecule has 11 heteroatoms. The van der Waals surface area contributed by atoms with E-state index in [0.29, 0.717) is 18.6 Å². The van der Waals surface area contributed by atoms with Crippen molar-refractivity contribution < 1.29 is 31.6 Å². The summed E-state index contributed by atoms with van der Waals surface area (Å²) in [6.45, 7) is 0.176. The molecular formula is C15H13F3N2O5S.